The molecule has 0 aliphatic rings. The first kappa shape index (κ1) is 4.90. The number of nitrogen functional groups attached to an aromatic ring is 1. The van der Waals surface area contributed by atoms with Gasteiger partial charge in [0.05, 0.1) is 5.56 Å². The Balaban J connectivity index is 3.00. The number of nitrogens with two attached hydrogens (primary N) is 1. The first-order valence-electron chi connectivity index (χ1n) is 2.12. The van der Waals surface area contributed by atoms with E-state index in [4.69, 9.17) is 5.73 Å². The van der Waals surface area contributed by atoms with Gasteiger partial charge in [0, 0.05) is 6.07 Å². The maximum absolute atomic E-state index is 9.90. The van der Waals surface area contributed by atoms with Crippen LogP contribution >= 0.6 is 0 Å². The van der Waals surface area contributed by atoms with Crippen molar-refractivity contribution < 1.29 is 9.21 Å². The van der Waals surface area contributed by atoms with E-state index >= 15 is 0 Å². The molecule has 0 spiro atoms. The van der Waals surface area contributed by atoms with Crippen molar-refractivity contribution in [1.29, 1.82) is 0 Å². The standard InChI is InChI=1S/C5H5NO2/c6-5-1-4(2-7)3-8-5/h1-3H,6H2. The lowest BCUT2D eigenvalue weighted by Crippen LogP contribution is -1.76. The summed E-state index contributed by atoms with van der Waals surface area (Å²) in [6.07, 6.45) is 1.99. The average Bonchev–Trinajstić information content (AvgIpc) is 2.14. The smallest absolute Gasteiger partial charge is 0.190 e. The Hall–Kier alpha value is -1.25. The van der Waals surface area contributed by atoms with Crippen LogP contribution in [0.4, 0.5) is 5.88 Å². The van der Waals surface area contributed by atoms with E-state index in [1.165, 1.54) is 12.3 Å². The molecular weight excluding hydrogens is 106 g/mol. The predicted molar refractivity (Wildman–Crippen MR) is 28.5 cm³/mol. The second kappa shape index (κ2) is 1.69. The first-order chi connectivity index (χ1) is 3.83. The van der Waals surface area contributed by atoms with Crippen LogP contribution in [0.5, 0.6) is 0 Å². The Morgan fingerprint density at radius 3 is 2.75 bits per heavy atom. The van der Waals surface area contributed by atoms with Gasteiger partial charge in [-0.1, -0.05) is 0 Å². The van der Waals surface area contributed by atoms with Crippen molar-refractivity contribution in [3.63, 3.8) is 0 Å². The van der Waals surface area contributed by atoms with E-state index in [0.717, 1.165) is 0 Å². The van der Waals surface area contributed by atoms with Crippen molar-refractivity contribution in [2.75, 3.05) is 5.73 Å². The van der Waals surface area contributed by atoms with E-state index in [-0.39, 0.29) is 5.88 Å². The Labute approximate surface area is 46.1 Å². The van der Waals surface area contributed by atoms with Crippen molar-refractivity contribution in [1.82, 2.24) is 0 Å². The normalized spacial score (nSPS) is 9.00. The van der Waals surface area contributed by atoms with Gasteiger partial charge in [0.25, 0.3) is 0 Å². The van der Waals surface area contributed by atoms with Crippen LogP contribution in [0.15, 0.2) is 16.7 Å². The summed E-state index contributed by atoms with van der Waals surface area (Å²) in [4.78, 5) is 9.90. The molecule has 1 aromatic heterocycles. The van der Waals surface area contributed by atoms with Gasteiger partial charge in [-0.3, -0.25) is 4.79 Å². The number of aldehydes is 1. The molecule has 0 saturated carbocycles. The zero-order valence-corrected chi connectivity index (χ0v) is 4.13. The van der Waals surface area contributed by atoms with Crippen LogP contribution in [0.3, 0.4) is 0 Å². The average molecular weight is 111 g/mol. The molecule has 8 heavy (non-hydrogen) atoms. The van der Waals surface area contributed by atoms with Gasteiger partial charge in [-0.05, 0) is 0 Å². The summed E-state index contributed by atoms with van der Waals surface area (Å²) in [5.74, 6) is 0.270. The molecule has 0 atom stereocenters. The molecule has 0 aromatic carbocycles. The minimum absolute atomic E-state index is 0.270. The molecule has 0 saturated heterocycles. The zero-order valence-electron chi connectivity index (χ0n) is 4.13. The summed E-state index contributed by atoms with van der Waals surface area (Å²) in [7, 11) is 0. The highest BCUT2D eigenvalue weighted by Crippen LogP contribution is 2.05. The van der Waals surface area contributed by atoms with Crippen molar-refractivity contribution in [3.8, 4) is 0 Å². The molecule has 42 valence electrons. The molecule has 3 heteroatoms. The first-order valence-corrected chi connectivity index (χ1v) is 2.12. The maximum Gasteiger partial charge on any atom is 0.190 e. The number of anilines is 1. The van der Waals surface area contributed by atoms with Crippen LogP contribution in [0.2, 0.25) is 0 Å². The minimum atomic E-state index is 0.270. The number of carbonyl (C=O) groups is 1. The number of carbonyl (C=O) groups excluding carboxylic acids is 1. The monoisotopic (exact) mass is 111 g/mol. The summed E-state index contributed by atoms with van der Waals surface area (Å²) < 4.78 is 4.60. The number of furan rings is 1. The molecule has 0 aliphatic heterocycles. The molecule has 0 amide bonds. The topological polar surface area (TPSA) is 56.2 Å². The molecule has 0 bridgehead atoms. The molecule has 3 nitrogen and oxygen atoms in total. The van der Waals surface area contributed by atoms with E-state index in [1.807, 2.05) is 0 Å². The van der Waals surface area contributed by atoms with E-state index < -0.39 is 0 Å². The van der Waals surface area contributed by atoms with Gasteiger partial charge in [0.2, 0.25) is 0 Å². The maximum atomic E-state index is 9.90. The molecule has 1 aromatic rings. The highest BCUT2D eigenvalue weighted by molar-refractivity contribution is 5.75. The number of hydrogen-bond acceptors (Lipinski definition) is 3. The molecule has 0 aliphatic carbocycles. The van der Waals surface area contributed by atoms with Crippen LogP contribution in [-0.2, 0) is 0 Å². The number of rotatable bonds is 1. The highest BCUT2D eigenvalue weighted by atomic mass is 16.3. The molecule has 0 fully saturated rings. The van der Waals surface area contributed by atoms with Crippen molar-refractivity contribution in [3.05, 3.63) is 17.9 Å². The summed E-state index contributed by atoms with van der Waals surface area (Å²) in [6.45, 7) is 0. The Morgan fingerprint density at radius 1 is 1.75 bits per heavy atom. The molecule has 1 heterocycles. The van der Waals surface area contributed by atoms with Gasteiger partial charge in [-0.15, -0.1) is 0 Å². The lowest BCUT2D eigenvalue weighted by molar-refractivity contribution is 0.112. The largest absolute Gasteiger partial charge is 0.448 e. The predicted octanol–water partition coefficient (Wildman–Crippen LogP) is 0.674. The van der Waals surface area contributed by atoms with E-state index in [2.05, 4.69) is 4.42 Å². The third-order valence-corrected chi connectivity index (χ3v) is 0.776. The Kier molecular flexibility index (Phi) is 1.04. The quantitative estimate of drug-likeness (QED) is 0.542. The Morgan fingerprint density at radius 2 is 2.50 bits per heavy atom. The number of hydrogen-bond donors (Lipinski definition) is 1. The minimum Gasteiger partial charge on any atom is -0.448 e. The lowest BCUT2D eigenvalue weighted by Gasteiger charge is -1.71. The SMILES string of the molecule is Nc1cc(C=O)co1. The fourth-order valence-electron chi connectivity index (χ4n) is 0.430. The Bertz CT molecular complexity index is 192. The molecular formula is C5H5NO2. The van der Waals surface area contributed by atoms with Gasteiger partial charge in [-0.25, -0.2) is 0 Å². The molecule has 1 rings (SSSR count). The summed E-state index contributed by atoms with van der Waals surface area (Å²) in [5, 5.41) is 0. The van der Waals surface area contributed by atoms with Crippen molar-refractivity contribution in [2.24, 2.45) is 0 Å². The van der Waals surface area contributed by atoms with Gasteiger partial charge in [0.15, 0.2) is 12.2 Å². The van der Waals surface area contributed by atoms with E-state index in [0.29, 0.717) is 11.8 Å². The molecule has 0 unspecified atom stereocenters. The van der Waals surface area contributed by atoms with Crippen LogP contribution in [-0.4, -0.2) is 6.29 Å². The zero-order chi connectivity index (χ0) is 5.98. The van der Waals surface area contributed by atoms with E-state index in [1.54, 1.807) is 0 Å². The second-order valence-electron chi connectivity index (χ2n) is 1.40. The van der Waals surface area contributed by atoms with Crippen LogP contribution in [0.25, 0.3) is 0 Å². The third-order valence-electron chi connectivity index (χ3n) is 0.776. The fraction of sp³-hybridized carbons (Fsp3) is 0. The lowest BCUT2D eigenvalue weighted by atomic mass is 10.4. The molecule has 0 radical (unpaired) electrons. The summed E-state index contributed by atoms with van der Waals surface area (Å²) in [5.41, 5.74) is 5.60. The summed E-state index contributed by atoms with van der Waals surface area (Å²) >= 11 is 0. The van der Waals surface area contributed by atoms with Crippen LogP contribution in [0, 0.1) is 0 Å². The van der Waals surface area contributed by atoms with Crippen molar-refractivity contribution >= 4 is 12.2 Å². The van der Waals surface area contributed by atoms with Crippen molar-refractivity contribution in [2.45, 2.75) is 0 Å². The third kappa shape index (κ3) is 0.703. The summed E-state index contributed by atoms with van der Waals surface area (Å²) in [6, 6.07) is 1.47. The van der Waals surface area contributed by atoms with Crippen LogP contribution < -0.4 is 5.73 Å². The highest BCUT2D eigenvalue weighted by Gasteiger charge is 1.92. The van der Waals surface area contributed by atoms with Gasteiger partial charge < -0.3 is 10.2 Å². The van der Waals surface area contributed by atoms with Crippen LogP contribution in [0.1, 0.15) is 10.4 Å². The second-order valence-corrected chi connectivity index (χ2v) is 1.40. The fourth-order valence-corrected chi connectivity index (χ4v) is 0.430. The van der Waals surface area contributed by atoms with Gasteiger partial charge in [0.1, 0.15) is 6.26 Å². The van der Waals surface area contributed by atoms with Gasteiger partial charge >= 0.3 is 0 Å². The van der Waals surface area contributed by atoms with E-state index in [9.17, 15) is 4.79 Å². The van der Waals surface area contributed by atoms with Gasteiger partial charge in [-0.2, -0.15) is 0 Å². The molecule has 2 N–H and O–H groups in total.